The van der Waals surface area contributed by atoms with E-state index in [2.05, 4.69) is 16.0 Å². The number of hydrogen-bond acceptors (Lipinski definition) is 5. The van der Waals surface area contributed by atoms with Gasteiger partial charge >= 0.3 is 12.0 Å². The van der Waals surface area contributed by atoms with Crippen LogP contribution in [0, 0.1) is 0 Å². The smallest absolute Gasteiger partial charge is 0.319 e. The zero-order valence-corrected chi connectivity index (χ0v) is 23.8. The Morgan fingerprint density at radius 1 is 0.886 bits per heavy atom. The lowest BCUT2D eigenvalue weighted by Crippen LogP contribution is -2.43. The molecule has 224 valence electrons. The summed E-state index contributed by atoms with van der Waals surface area (Å²) in [6.45, 7) is 0.0660. The Kier molecular flexibility index (Phi) is 9.51. The first-order valence-electron chi connectivity index (χ1n) is 14.2. The molecule has 1 unspecified atom stereocenters. The van der Waals surface area contributed by atoms with Crippen molar-refractivity contribution in [2.24, 2.45) is 0 Å². The molecule has 2 atom stereocenters. The Morgan fingerprint density at radius 2 is 1.55 bits per heavy atom. The number of fused-ring (bicyclic) bond motifs is 1. The van der Waals surface area contributed by atoms with Crippen LogP contribution < -0.4 is 20.7 Å². The summed E-state index contributed by atoms with van der Waals surface area (Å²) in [5.41, 5.74) is 2.95. The molecule has 0 aliphatic carbocycles. The molecular formula is C34H32N4O6. The lowest BCUT2D eigenvalue weighted by Gasteiger charge is -2.25. The summed E-state index contributed by atoms with van der Waals surface area (Å²) >= 11 is 0. The van der Waals surface area contributed by atoms with Gasteiger partial charge in [-0.15, -0.1) is 0 Å². The van der Waals surface area contributed by atoms with Crippen molar-refractivity contribution >= 4 is 29.5 Å². The van der Waals surface area contributed by atoms with Gasteiger partial charge in [0, 0.05) is 12.2 Å². The first-order chi connectivity index (χ1) is 21.4. The summed E-state index contributed by atoms with van der Waals surface area (Å²) in [6, 6.07) is 31.2. The monoisotopic (exact) mass is 592 g/mol. The fraction of sp³-hybridized carbons (Fsp3) is 0.176. The molecule has 4 amide bonds. The normalized spacial score (nSPS) is 14.8. The van der Waals surface area contributed by atoms with Gasteiger partial charge in [0.1, 0.15) is 18.4 Å². The average Bonchev–Trinajstić information content (AvgIpc) is 3.17. The van der Waals surface area contributed by atoms with Crippen molar-refractivity contribution in [1.82, 2.24) is 15.5 Å². The number of urea groups is 1. The number of carboxylic acid groups (broad SMARTS) is 1. The molecule has 10 heteroatoms. The average molecular weight is 593 g/mol. The maximum absolute atomic E-state index is 13.9. The van der Waals surface area contributed by atoms with E-state index in [1.54, 1.807) is 42.5 Å². The van der Waals surface area contributed by atoms with Crippen molar-refractivity contribution in [3.63, 3.8) is 0 Å². The largest absolute Gasteiger partial charge is 0.483 e. The van der Waals surface area contributed by atoms with Gasteiger partial charge in [0.2, 0.25) is 5.91 Å². The van der Waals surface area contributed by atoms with Crippen LogP contribution in [-0.2, 0) is 16.1 Å². The fourth-order valence-electron chi connectivity index (χ4n) is 4.98. The maximum Gasteiger partial charge on any atom is 0.319 e. The maximum atomic E-state index is 13.9. The van der Waals surface area contributed by atoms with Gasteiger partial charge in [-0.1, -0.05) is 91.0 Å². The third-order valence-electron chi connectivity index (χ3n) is 7.13. The third kappa shape index (κ3) is 7.80. The van der Waals surface area contributed by atoms with Crippen LogP contribution in [0.3, 0.4) is 0 Å². The Morgan fingerprint density at radius 3 is 2.23 bits per heavy atom. The Labute approximate surface area is 254 Å². The van der Waals surface area contributed by atoms with E-state index in [4.69, 9.17) is 4.74 Å². The summed E-state index contributed by atoms with van der Waals surface area (Å²) in [6.07, 6.45) is -0.893. The Hall–Kier alpha value is -5.64. The number of ether oxygens (including phenoxy) is 1. The highest BCUT2D eigenvalue weighted by atomic mass is 16.5. The van der Waals surface area contributed by atoms with Gasteiger partial charge in [0.15, 0.2) is 0 Å². The van der Waals surface area contributed by atoms with Crippen LogP contribution in [0.15, 0.2) is 109 Å². The van der Waals surface area contributed by atoms with E-state index >= 15 is 0 Å². The first-order valence-corrected chi connectivity index (χ1v) is 14.2. The number of anilines is 1. The van der Waals surface area contributed by atoms with Gasteiger partial charge in [-0.2, -0.15) is 0 Å². The van der Waals surface area contributed by atoms with Gasteiger partial charge in [0.25, 0.3) is 5.91 Å². The molecule has 0 aromatic heterocycles. The molecule has 4 N–H and O–H groups in total. The summed E-state index contributed by atoms with van der Waals surface area (Å²) < 4.78 is 6.29. The number of aliphatic carboxylic acids is 1. The third-order valence-corrected chi connectivity index (χ3v) is 7.13. The highest BCUT2D eigenvalue weighted by molar-refractivity contribution is 6.01. The molecule has 4 aromatic carbocycles. The van der Waals surface area contributed by atoms with Crippen molar-refractivity contribution in [3.05, 3.63) is 131 Å². The van der Waals surface area contributed by atoms with E-state index < -0.39 is 36.0 Å². The van der Waals surface area contributed by atoms with Gasteiger partial charge in [-0.25, -0.2) is 4.79 Å². The van der Waals surface area contributed by atoms with Crippen molar-refractivity contribution in [3.8, 4) is 5.75 Å². The second kappa shape index (κ2) is 14.0. The minimum absolute atomic E-state index is 0.0696. The number of hydrogen-bond donors (Lipinski definition) is 4. The predicted octanol–water partition coefficient (Wildman–Crippen LogP) is 4.92. The standard InChI is InChI=1S/C34H32N4O6/c39-31(37-28(19-32(40)41)24-12-6-2-7-13-24)22-38-21-30(25-14-8-3-9-15-25)44-29-17-16-26(18-27(29)33(38)42)36-34(43)35-20-23-10-4-1-5-11-23/h1-18,28,30H,19-22H2,(H,37,39)(H,40,41)(H2,35,36,43)/t28?,30-/m1/s1. The van der Waals surface area contributed by atoms with Crippen LogP contribution in [0.1, 0.15) is 45.6 Å². The van der Waals surface area contributed by atoms with Crippen molar-refractivity contribution < 1.29 is 29.0 Å². The van der Waals surface area contributed by atoms with Gasteiger partial charge in [0.05, 0.1) is 24.6 Å². The molecule has 1 heterocycles. The molecule has 1 aliphatic rings. The zero-order valence-electron chi connectivity index (χ0n) is 23.8. The predicted molar refractivity (Wildman–Crippen MR) is 164 cm³/mol. The molecule has 0 bridgehead atoms. The number of benzene rings is 4. The summed E-state index contributed by atoms with van der Waals surface area (Å²) in [4.78, 5) is 52.7. The first kappa shape index (κ1) is 29.8. The molecule has 1 aliphatic heterocycles. The molecule has 0 saturated carbocycles. The van der Waals surface area contributed by atoms with E-state index in [0.717, 1.165) is 11.1 Å². The van der Waals surface area contributed by atoms with Gasteiger partial charge in [-0.3, -0.25) is 14.4 Å². The van der Waals surface area contributed by atoms with E-state index in [1.165, 1.54) is 11.0 Å². The van der Waals surface area contributed by atoms with Crippen LogP contribution >= 0.6 is 0 Å². The van der Waals surface area contributed by atoms with Crippen molar-refractivity contribution in [1.29, 1.82) is 0 Å². The lowest BCUT2D eigenvalue weighted by atomic mass is 10.0. The number of amides is 4. The Bertz CT molecular complexity index is 1620. The minimum Gasteiger partial charge on any atom is -0.483 e. The zero-order chi connectivity index (χ0) is 30.9. The van der Waals surface area contributed by atoms with Crippen molar-refractivity contribution in [2.45, 2.75) is 25.1 Å². The minimum atomic E-state index is -1.07. The molecule has 0 spiro atoms. The fourth-order valence-corrected chi connectivity index (χ4v) is 4.98. The summed E-state index contributed by atoms with van der Waals surface area (Å²) in [5, 5.41) is 17.8. The number of nitrogens with one attached hydrogen (secondary N) is 3. The topological polar surface area (TPSA) is 137 Å². The number of carbonyl (C=O) groups is 4. The highest BCUT2D eigenvalue weighted by Gasteiger charge is 2.32. The molecule has 0 fully saturated rings. The Balaban J connectivity index is 1.36. The second-order valence-corrected chi connectivity index (χ2v) is 10.3. The molecule has 0 saturated heterocycles. The molecule has 44 heavy (non-hydrogen) atoms. The van der Waals surface area contributed by atoms with Crippen LogP contribution in [0.5, 0.6) is 5.75 Å². The highest BCUT2D eigenvalue weighted by Crippen LogP contribution is 2.33. The van der Waals surface area contributed by atoms with Crippen LogP contribution in [0.2, 0.25) is 0 Å². The number of carboxylic acids is 1. The number of nitrogens with zero attached hydrogens (tertiary/aromatic N) is 1. The van der Waals surface area contributed by atoms with Crippen LogP contribution in [0.4, 0.5) is 10.5 Å². The molecule has 0 radical (unpaired) electrons. The van der Waals surface area contributed by atoms with E-state index in [1.807, 2.05) is 60.7 Å². The quantitative estimate of drug-likeness (QED) is 0.206. The summed E-state index contributed by atoms with van der Waals surface area (Å²) in [7, 11) is 0. The van der Waals surface area contributed by atoms with Crippen LogP contribution in [0.25, 0.3) is 0 Å². The lowest BCUT2D eigenvalue weighted by molar-refractivity contribution is -0.137. The molecular weight excluding hydrogens is 560 g/mol. The molecule has 4 aromatic rings. The number of carbonyl (C=O) groups excluding carboxylic acids is 3. The second-order valence-electron chi connectivity index (χ2n) is 10.3. The molecule has 10 nitrogen and oxygen atoms in total. The van der Waals surface area contributed by atoms with Gasteiger partial charge < -0.3 is 30.7 Å². The van der Waals surface area contributed by atoms with Crippen LogP contribution in [-0.4, -0.2) is 46.9 Å². The SMILES string of the molecule is O=C(O)CC(NC(=O)CN1C[C@H](c2ccccc2)Oc2ccc(NC(=O)NCc3ccccc3)cc2C1=O)c1ccccc1. The van der Waals surface area contributed by atoms with Crippen molar-refractivity contribution in [2.75, 3.05) is 18.4 Å². The number of rotatable bonds is 10. The van der Waals surface area contributed by atoms with E-state index in [0.29, 0.717) is 23.5 Å². The van der Waals surface area contributed by atoms with E-state index in [9.17, 15) is 24.3 Å². The van der Waals surface area contributed by atoms with E-state index in [-0.39, 0.29) is 25.1 Å². The molecule has 5 rings (SSSR count). The summed E-state index contributed by atoms with van der Waals surface area (Å²) in [5.74, 6) is -1.73. The van der Waals surface area contributed by atoms with Gasteiger partial charge in [-0.05, 0) is 34.9 Å².